The summed E-state index contributed by atoms with van der Waals surface area (Å²) in [5.74, 6) is -2.08. The summed E-state index contributed by atoms with van der Waals surface area (Å²) in [5, 5.41) is 20.0. The second-order valence-corrected chi connectivity index (χ2v) is 4.07. The van der Waals surface area contributed by atoms with Crippen molar-refractivity contribution in [2.75, 3.05) is 0 Å². The summed E-state index contributed by atoms with van der Waals surface area (Å²) in [6.45, 7) is 0. The van der Waals surface area contributed by atoms with Crippen LogP contribution < -0.4 is 0 Å². The second kappa shape index (κ2) is 3.79. The monoisotopic (exact) mass is 214 g/mol. The topological polar surface area (TPSA) is 81.1 Å². The zero-order valence-corrected chi connectivity index (χ0v) is 8.30. The van der Waals surface area contributed by atoms with Gasteiger partial charge in [0.25, 0.3) is 0 Å². The molecule has 1 aliphatic carbocycles. The van der Waals surface area contributed by atoms with Crippen LogP contribution in [0.3, 0.4) is 0 Å². The van der Waals surface area contributed by atoms with E-state index in [4.69, 9.17) is 0 Å². The zero-order valence-electron chi connectivity index (χ0n) is 8.30. The molecule has 0 unspecified atom stereocenters. The van der Waals surface area contributed by atoms with E-state index in [1.807, 2.05) is 0 Å². The van der Waals surface area contributed by atoms with E-state index >= 15 is 0 Å². The third-order valence-electron chi connectivity index (χ3n) is 3.17. The molecule has 84 valence electrons. The number of amides is 2. The highest BCUT2D eigenvalue weighted by molar-refractivity contribution is 6.34. The number of hydrogen-bond donors (Lipinski definition) is 2. The molecular formula is C9H14N2O4. The summed E-state index contributed by atoms with van der Waals surface area (Å²) in [6, 6.07) is -0.912. The molecule has 2 fully saturated rings. The summed E-state index contributed by atoms with van der Waals surface area (Å²) < 4.78 is 0. The average Bonchev–Trinajstić information content (AvgIpc) is 2.48. The first-order valence-electron chi connectivity index (χ1n) is 5.17. The van der Waals surface area contributed by atoms with Crippen molar-refractivity contribution in [3.8, 4) is 0 Å². The van der Waals surface area contributed by atoms with Gasteiger partial charge in [-0.15, -0.1) is 0 Å². The molecule has 15 heavy (non-hydrogen) atoms. The van der Waals surface area contributed by atoms with Gasteiger partial charge >= 0.3 is 11.8 Å². The Labute approximate surface area is 87.0 Å². The van der Waals surface area contributed by atoms with Gasteiger partial charge in [0.2, 0.25) is 0 Å². The maximum Gasteiger partial charge on any atom is 0.337 e. The fraction of sp³-hybridized carbons (Fsp3) is 0.778. The molecule has 0 spiro atoms. The number of nitrogens with zero attached hydrogens (tertiary/aromatic N) is 2. The molecule has 0 aromatic rings. The number of piperazine rings is 1. The Balaban J connectivity index is 2.25. The van der Waals surface area contributed by atoms with Crippen molar-refractivity contribution >= 4 is 11.8 Å². The van der Waals surface area contributed by atoms with Gasteiger partial charge in [0.05, 0.1) is 12.1 Å². The molecule has 1 aliphatic heterocycles. The lowest BCUT2D eigenvalue weighted by molar-refractivity contribution is -0.233. The largest absolute Gasteiger partial charge is 0.337 e. The van der Waals surface area contributed by atoms with Crippen LogP contribution in [0.2, 0.25) is 0 Å². The molecule has 2 aliphatic rings. The van der Waals surface area contributed by atoms with Gasteiger partial charge in [0.1, 0.15) is 0 Å². The Bertz CT molecular complexity index is 266. The Hall–Kier alpha value is -1.14. The first kappa shape index (κ1) is 10.4. The smallest absolute Gasteiger partial charge is 0.285 e. The molecule has 1 heterocycles. The molecule has 2 amide bonds. The summed E-state index contributed by atoms with van der Waals surface area (Å²) >= 11 is 0. The van der Waals surface area contributed by atoms with Crippen LogP contribution in [-0.2, 0) is 9.59 Å². The van der Waals surface area contributed by atoms with Gasteiger partial charge in [-0.25, -0.2) is 10.1 Å². The maximum absolute atomic E-state index is 11.2. The Morgan fingerprint density at radius 1 is 0.867 bits per heavy atom. The molecule has 1 saturated carbocycles. The van der Waals surface area contributed by atoms with Crippen LogP contribution in [0.4, 0.5) is 0 Å². The summed E-state index contributed by atoms with van der Waals surface area (Å²) in [5.41, 5.74) is 0. The van der Waals surface area contributed by atoms with Gasteiger partial charge in [-0.1, -0.05) is 19.3 Å². The maximum atomic E-state index is 11.2. The fourth-order valence-corrected chi connectivity index (χ4v) is 2.34. The standard InChI is InChI=1S/C9H14N2O4/c12-8-9(13)11(15)7-5-3-1-2-4-6(7)10(8)14/h6-7,14-15H,1-5H2/t6-,7-/m1/s1. The Morgan fingerprint density at radius 2 is 1.27 bits per heavy atom. The number of fused-ring (bicyclic) bond motifs is 1. The molecule has 0 aromatic heterocycles. The van der Waals surface area contributed by atoms with Crippen molar-refractivity contribution < 1.29 is 20.0 Å². The molecule has 1 saturated heterocycles. The van der Waals surface area contributed by atoms with Gasteiger partial charge in [0, 0.05) is 0 Å². The molecule has 0 aromatic carbocycles. The van der Waals surface area contributed by atoms with Crippen molar-refractivity contribution in [3.05, 3.63) is 0 Å². The van der Waals surface area contributed by atoms with Crippen molar-refractivity contribution in [2.24, 2.45) is 0 Å². The predicted molar refractivity (Wildman–Crippen MR) is 47.9 cm³/mol. The molecule has 0 bridgehead atoms. The van der Waals surface area contributed by atoms with Crippen LogP contribution in [0.5, 0.6) is 0 Å². The van der Waals surface area contributed by atoms with Crippen molar-refractivity contribution in [3.63, 3.8) is 0 Å². The van der Waals surface area contributed by atoms with Crippen LogP contribution >= 0.6 is 0 Å². The highest BCUT2D eigenvalue weighted by Crippen LogP contribution is 2.28. The van der Waals surface area contributed by atoms with E-state index in [9.17, 15) is 20.0 Å². The number of rotatable bonds is 0. The number of hydroxylamine groups is 4. The van der Waals surface area contributed by atoms with Crippen LogP contribution in [0.25, 0.3) is 0 Å². The quantitative estimate of drug-likeness (QED) is 0.444. The first-order chi connectivity index (χ1) is 7.13. The third kappa shape index (κ3) is 1.59. The van der Waals surface area contributed by atoms with Gasteiger partial charge in [-0.2, -0.15) is 0 Å². The van der Waals surface area contributed by atoms with E-state index in [0.717, 1.165) is 19.3 Å². The summed E-state index contributed by atoms with van der Waals surface area (Å²) in [6.07, 6.45) is 4.03. The lowest BCUT2D eigenvalue weighted by Gasteiger charge is -2.39. The van der Waals surface area contributed by atoms with Gasteiger partial charge < -0.3 is 0 Å². The fourth-order valence-electron chi connectivity index (χ4n) is 2.34. The molecule has 2 atom stereocenters. The van der Waals surface area contributed by atoms with E-state index < -0.39 is 23.9 Å². The van der Waals surface area contributed by atoms with E-state index in [2.05, 4.69) is 0 Å². The molecular weight excluding hydrogens is 200 g/mol. The van der Waals surface area contributed by atoms with Crippen LogP contribution in [-0.4, -0.2) is 44.4 Å². The third-order valence-corrected chi connectivity index (χ3v) is 3.17. The molecule has 2 N–H and O–H groups in total. The first-order valence-corrected chi connectivity index (χ1v) is 5.17. The highest BCUT2D eigenvalue weighted by atomic mass is 16.5. The highest BCUT2D eigenvalue weighted by Gasteiger charge is 2.45. The van der Waals surface area contributed by atoms with Crippen molar-refractivity contribution in [1.29, 1.82) is 0 Å². The Morgan fingerprint density at radius 3 is 1.67 bits per heavy atom. The van der Waals surface area contributed by atoms with E-state index in [1.165, 1.54) is 0 Å². The Kier molecular flexibility index (Phi) is 2.62. The summed E-state index contributed by atoms with van der Waals surface area (Å²) in [4.78, 5) is 22.5. The zero-order chi connectivity index (χ0) is 11.0. The van der Waals surface area contributed by atoms with Gasteiger partial charge in [-0.3, -0.25) is 20.0 Å². The molecule has 2 rings (SSSR count). The number of hydrogen-bond acceptors (Lipinski definition) is 4. The second-order valence-electron chi connectivity index (χ2n) is 4.07. The molecule has 0 radical (unpaired) electrons. The van der Waals surface area contributed by atoms with Gasteiger partial charge in [0.15, 0.2) is 0 Å². The van der Waals surface area contributed by atoms with E-state index in [0.29, 0.717) is 23.0 Å². The average molecular weight is 214 g/mol. The van der Waals surface area contributed by atoms with Crippen LogP contribution in [0, 0.1) is 0 Å². The minimum atomic E-state index is -1.04. The predicted octanol–water partition coefficient (Wildman–Crippen LogP) is 0.137. The van der Waals surface area contributed by atoms with Gasteiger partial charge in [-0.05, 0) is 12.8 Å². The number of carbonyl (C=O) groups excluding carboxylic acids is 2. The minimum absolute atomic E-state index is 0.456. The lowest BCUT2D eigenvalue weighted by atomic mass is 9.99. The van der Waals surface area contributed by atoms with Crippen molar-refractivity contribution in [1.82, 2.24) is 10.1 Å². The van der Waals surface area contributed by atoms with Crippen molar-refractivity contribution in [2.45, 2.75) is 44.2 Å². The lowest BCUT2D eigenvalue weighted by Crippen LogP contribution is -2.62. The van der Waals surface area contributed by atoms with Crippen LogP contribution in [0.1, 0.15) is 32.1 Å². The van der Waals surface area contributed by atoms with Crippen LogP contribution in [0.15, 0.2) is 0 Å². The SMILES string of the molecule is O=C1C(=O)N(O)[C@@H]2CCCCC[C@H]2N1O. The minimum Gasteiger partial charge on any atom is -0.285 e. The van der Waals surface area contributed by atoms with E-state index in [-0.39, 0.29) is 0 Å². The summed E-state index contributed by atoms with van der Waals surface area (Å²) in [7, 11) is 0. The molecule has 6 heteroatoms. The van der Waals surface area contributed by atoms with E-state index in [1.54, 1.807) is 0 Å². The number of carbonyl (C=O) groups is 2. The molecule has 6 nitrogen and oxygen atoms in total. The normalized spacial score (nSPS) is 32.7.